The number of benzene rings is 1. The third-order valence-corrected chi connectivity index (χ3v) is 4.07. The van der Waals surface area contributed by atoms with Crippen molar-refractivity contribution in [1.82, 2.24) is 10.2 Å². The summed E-state index contributed by atoms with van der Waals surface area (Å²) < 4.78 is 27.3. The van der Waals surface area contributed by atoms with Crippen molar-refractivity contribution in [1.29, 1.82) is 0 Å². The van der Waals surface area contributed by atoms with Crippen LogP contribution in [0.15, 0.2) is 18.2 Å². The van der Waals surface area contributed by atoms with Crippen LogP contribution >= 0.6 is 0 Å². The van der Waals surface area contributed by atoms with Crippen LogP contribution in [0, 0.1) is 11.6 Å². The Bertz CT molecular complexity index is 479. The van der Waals surface area contributed by atoms with Crippen LogP contribution in [0.5, 0.6) is 0 Å². The number of hydrogen-bond acceptors (Lipinski definition) is 3. The van der Waals surface area contributed by atoms with Crippen LogP contribution in [-0.4, -0.2) is 41.8 Å². The Hall–Kier alpha value is -1.04. The maximum Gasteiger partial charge on any atom is 0.163 e. The van der Waals surface area contributed by atoms with E-state index in [-0.39, 0.29) is 6.04 Å². The molecule has 5 heteroatoms. The molecule has 1 fully saturated rings. The average Bonchev–Trinajstić information content (AvgIpc) is 2.78. The Morgan fingerprint density at radius 2 is 2.19 bits per heavy atom. The first-order valence-corrected chi connectivity index (χ1v) is 7.55. The molecule has 0 saturated carbocycles. The summed E-state index contributed by atoms with van der Waals surface area (Å²) in [4.78, 5) is 2.17. The second-order valence-electron chi connectivity index (χ2n) is 6.07. The van der Waals surface area contributed by atoms with Gasteiger partial charge in [0.25, 0.3) is 0 Å². The number of hydrogen-bond donors (Lipinski definition) is 2. The van der Waals surface area contributed by atoms with Crippen LogP contribution in [0.1, 0.15) is 38.3 Å². The summed E-state index contributed by atoms with van der Waals surface area (Å²) in [5.41, 5.74) is -0.250. The van der Waals surface area contributed by atoms with Crippen molar-refractivity contribution in [3.63, 3.8) is 0 Å². The third-order valence-electron chi connectivity index (χ3n) is 4.07. The topological polar surface area (TPSA) is 35.5 Å². The summed E-state index contributed by atoms with van der Waals surface area (Å²) in [5, 5.41) is 13.2. The van der Waals surface area contributed by atoms with E-state index in [1.165, 1.54) is 0 Å². The van der Waals surface area contributed by atoms with Crippen molar-refractivity contribution in [3.05, 3.63) is 35.4 Å². The van der Waals surface area contributed by atoms with Gasteiger partial charge in [0.05, 0.1) is 5.60 Å². The van der Waals surface area contributed by atoms with Crippen LogP contribution in [-0.2, 0) is 0 Å². The summed E-state index contributed by atoms with van der Waals surface area (Å²) in [6.45, 7) is 6.71. The van der Waals surface area contributed by atoms with Gasteiger partial charge in [-0.3, -0.25) is 0 Å². The van der Waals surface area contributed by atoms with Crippen molar-refractivity contribution < 1.29 is 13.9 Å². The molecule has 1 aromatic carbocycles. The number of nitrogens with one attached hydrogen (secondary N) is 1. The second kappa shape index (κ2) is 6.81. The first kappa shape index (κ1) is 16.3. The van der Waals surface area contributed by atoms with E-state index < -0.39 is 17.2 Å². The van der Waals surface area contributed by atoms with E-state index in [1.807, 2.05) is 13.8 Å². The Kier molecular flexibility index (Phi) is 5.30. The highest BCUT2D eigenvalue weighted by atomic mass is 19.2. The number of β-amino-alcohol motifs (C(OH)–C–C–N with tert-alkyl or cyclic N) is 1. The minimum absolute atomic E-state index is 0.212. The van der Waals surface area contributed by atoms with Gasteiger partial charge in [0.15, 0.2) is 11.6 Å². The Morgan fingerprint density at radius 1 is 1.43 bits per heavy atom. The van der Waals surface area contributed by atoms with Gasteiger partial charge in [-0.05, 0) is 32.4 Å². The lowest BCUT2D eigenvalue weighted by molar-refractivity contribution is 0.0683. The molecule has 21 heavy (non-hydrogen) atoms. The van der Waals surface area contributed by atoms with Gasteiger partial charge in [0.2, 0.25) is 0 Å². The molecule has 118 valence electrons. The second-order valence-corrected chi connectivity index (χ2v) is 6.07. The summed E-state index contributed by atoms with van der Waals surface area (Å²) in [6, 6.07) is 4.10. The predicted octanol–water partition coefficient (Wildman–Crippen LogP) is 2.46. The van der Waals surface area contributed by atoms with Crippen LogP contribution in [0.4, 0.5) is 8.78 Å². The third kappa shape index (κ3) is 4.22. The number of nitrogens with zero attached hydrogens (tertiary/aromatic N) is 1. The van der Waals surface area contributed by atoms with E-state index in [0.717, 1.165) is 25.6 Å². The minimum atomic E-state index is -0.806. The molecule has 0 spiro atoms. The van der Waals surface area contributed by atoms with E-state index >= 15 is 0 Å². The standard InChI is InChI=1S/C16H24F2N2O/c1-3-19-14(12-5-4-6-13(17)15(12)18)7-9-20-10-8-16(2,21)11-20/h4-6,14,19,21H,3,7-11H2,1-2H3. The van der Waals surface area contributed by atoms with E-state index in [9.17, 15) is 13.9 Å². The molecule has 1 aliphatic rings. The molecule has 2 atom stereocenters. The molecule has 1 aromatic rings. The number of aliphatic hydroxyl groups is 1. The largest absolute Gasteiger partial charge is 0.389 e. The van der Waals surface area contributed by atoms with Gasteiger partial charge in [-0.1, -0.05) is 19.1 Å². The smallest absolute Gasteiger partial charge is 0.163 e. The molecule has 2 unspecified atom stereocenters. The Morgan fingerprint density at radius 3 is 2.81 bits per heavy atom. The van der Waals surface area contributed by atoms with Crippen molar-refractivity contribution in [2.24, 2.45) is 0 Å². The first-order chi connectivity index (χ1) is 9.93. The molecule has 1 aliphatic heterocycles. The molecular weight excluding hydrogens is 274 g/mol. The molecule has 0 radical (unpaired) electrons. The summed E-state index contributed by atoms with van der Waals surface area (Å²) in [6.07, 6.45) is 1.44. The molecule has 0 bridgehead atoms. The van der Waals surface area contributed by atoms with Gasteiger partial charge in [-0.2, -0.15) is 0 Å². The van der Waals surface area contributed by atoms with Crippen molar-refractivity contribution in [2.45, 2.75) is 38.3 Å². The molecule has 1 saturated heterocycles. The van der Waals surface area contributed by atoms with Gasteiger partial charge < -0.3 is 15.3 Å². The lowest BCUT2D eigenvalue weighted by Gasteiger charge is -2.23. The lowest BCUT2D eigenvalue weighted by atomic mass is 10.0. The Balaban J connectivity index is 2.01. The minimum Gasteiger partial charge on any atom is -0.389 e. The van der Waals surface area contributed by atoms with Gasteiger partial charge in [-0.15, -0.1) is 0 Å². The zero-order valence-corrected chi connectivity index (χ0v) is 12.7. The predicted molar refractivity (Wildman–Crippen MR) is 79.1 cm³/mol. The molecule has 0 aliphatic carbocycles. The molecular formula is C16H24F2N2O. The maximum absolute atomic E-state index is 13.9. The average molecular weight is 298 g/mol. The van der Waals surface area contributed by atoms with Gasteiger partial charge >= 0.3 is 0 Å². The van der Waals surface area contributed by atoms with E-state index in [0.29, 0.717) is 25.1 Å². The maximum atomic E-state index is 13.9. The van der Waals surface area contributed by atoms with E-state index in [1.54, 1.807) is 12.1 Å². The molecule has 0 amide bonds. The van der Waals surface area contributed by atoms with Crippen molar-refractivity contribution in [3.8, 4) is 0 Å². The van der Waals surface area contributed by atoms with Gasteiger partial charge in [0.1, 0.15) is 0 Å². The fourth-order valence-electron chi connectivity index (χ4n) is 2.94. The molecule has 1 heterocycles. The van der Waals surface area contributed by atoms with Crippen LogP contribution in [0.3, 0.4) is 0 Å². The van der Waals surface area contributed by atoms with E-state index in [4.69, 9.17) is 0 Å². The Labute approximate surface area is 125 Å². The molecule has 3 nitrogen and oxygen atoms in total. The highest BCUT2D eigenvalue weighted by Crippen LogP contribution is 2.25. The van der Waals surface area contributed by atoms with Gasteiger partial charge in [0, 0.05) is 31.2 Å². The summed E-state index contributed by atoms with van der Waals surface area (Å²) >= 11 is 0. The fraction of sp³-hybridized carbons (Fsp3) is 0.625. The zero-order valence-electron chi connectivity index (χ0n) is 12.7. The van der Waals surface area contributed by atoms with Gasteiger partial charge in [-0.25, -0.2) is 8.78 Å². The fourth-order valence-corrected chi connectivity index (χ4v) is 2.94. The number of rotatable bonds is 6. The highest BCUT2D eigenvalue weighted by molar-refractivity contribution is 5.22. The van der Waals surface area contributed by atoms with Crippen LogP contribution in [0.2, 0.25) is 0 Å². The van der Waals surface area contributed by atoms with Crippen LogP contribution < -0.4 is 5.32 Å². The molecule has 2 rings (SSSR count). The SMILES string of the molecule is CCNC(CCN1CCC(C)(O)C1)c1cccc(F)c1F. The number of likely N-dealkylation sites (tertiary alicyclic amines) is 1. The number of halogens is 2. The molecule has 2 N–H and O–H groups in total. The summed E-state index contributed by atoms with van der Waals surface area (Å²) in [7, 11) is 0. The van der Waals surface area contributed by atoms with Crippen LogP contribution in [0.25, 0.3) is 0 Å². The monoisotopic (exact) mass is 298 g/mol. The zero-order chi connectivity index (χ0) is 15.5. The highest BCUT2D eigenvalue weighted by Gasteiger charge is 2.31. The quantitative estimate of drug-likeness (QED) is 0.847. The lowest BCUT2D eigenvalue weighted by Crippen LogP contribution is -2.32. The van der Waals surface area contributed by atoms with Crippen molar-refractivity contribution in [2.75, 3.05) is 26.2 Å². The molecule has 0 aromatic heterocycles. The normalized spacial score (nSPS) is 24.4. The summed E-state index contributed by atoms with van der Waals surface area (Å²) in [5.74, 6) is -1.57. The van der Waals surface area contributed by atoms with E-state index in [2.05, 4.69) is 10.2 Å². The first-order valence-electron chi connectivity index (χ1n) is 7.55. The van der Waals surface area contributed by atoms with Crippen molar-refractivity contribution >= 4 is 0 Å².